The third-order valence-corrected chi connectivity index (χ3v) is 6.95. The number of carbonyl (C=O) groups is 2. The van der Waals surface area contributed by atoms with E-state index in [-0.39, 0.29) is 23.5 Å². The Kier molecular flexibility index (Phi) is 11.9. The molecule has 0 aliphatic carbocycles. The number of benzene rings is 3. The Morgan fingerprint density at radius 1 is 0.825 bits per heavy atom. The van der Waals surface area contributed by atoms with Crippen molar-refractivity contribution in [3.8, 4) is 0 Å². The van der Waals surface area contributed by atoms with Crippen LogP contribution in [0.5, 0.6) is 0 Å². The van der Waals surface area contributed by atoms with E-state index in [0.29, 0.717) is 31.7 Å². The number of ether oxygens (including phenoxy) is 3. The molecule has 1 atom stereocenters. The number of unbranched alkanes of at least 4 members (excludes halogenated alkanes) is 1. The fourth-order valence-electron chi connectivity index (χ4n) is 4.54. The minimum Gasteiger partial charge on any atom is -0.469 e. The quantitative estimate of drug-likeness (QED) is 0.163. The highest BCUT2D eigenvalue weighted by Crippen LogP contribution is 2.26. The maximum Gasteiger partial charge on any atom is 0.337 e. The van der Waals surface area contributed by atoms with Crippen molar-refractivity contribution >= 4 is 11.9 Å². The Labute approximate surface area is 239 Å². The average molecular weight is 546 g/mol. The molecular weight excluding hydrogens is 502 g/mol. The standard InChI is InChI=1S/C34H43NO5/c1-34(2,3)30-15-11-12-27(22-30)25-40-31(28-13-7-6-8-14-28)24-35(21-10-9-16-32(36)38-4)23-26-17-19-29(20-18-26)33(37)39-5/h6-8,11-15,17-20,22,31H,9-10,16,21,23-25H2,1-5H3. The van der Waals surface area contributed by atoms with Crippen molar-refractivity contribution in [3.63, 3.8) is 0 Å². The molecule has 0 saturated heterocycles. The van der Waals surface area contributed by atoms with E-state index in [9.17, 15) is 9.59 Å². The van der Waals surface area contributed by atoms with Crippen LogP contribution in [0.15, 0.2) is 78.9 Å². The van der Waals surface area contributed by atoms with Crippen molar-refractivity contribution in [1.82, 2.24) is 4.90 Å². The van der Waals surface area contributed by atoms with E-state index in [1.807, 2.05) is 30.3 Å². The van der Waals surface area contributed by atoms with Crippen molar-refractivity contribution < 1.29 is 23.8 Å². The van der Waals surface area contributed by atoms with Crippen LogP contribution in [0.1, 0.15) is 78.7 Å². The monoisotopic (exact) mass is 545 g/mol. The van der Waals surface area contributed by atoms with Gasteiger partial charge >= 0.3 is 11.9 Å². The zero-order valence-electron chi connectivity index (χ0n) is 24.5. The second kappa shape index (κ2) is 15.3. The normalized spacial score (nSPS) is 12.2. The zero-order chi connectivity index (χ0) is 29.0. The summed E-state index contributed by atoms with van der Waals surface area (Å²) < 4.78 is 16.2. The molecule has 0 aliphatic heterocycles. The highest BCUT2D eigenvalue weighted by atomic mass is 16.5. The Bertz CT molecular complexity index is 1200. The molecule has 214 valence electrons. The molecule has 3 aromatic carbocycles. The summed E-state index contributed by atoms with van der Waals surface area (Å²) >= 11 is 0. The van der Waals surface area contributed by atoms with Crippen LogP contribution in [0.2, 0.25) is 0 Å². The summed E-state index contributed by atoms with van der Waals surface area (Å²) in [7, 11) is 2.81. The molecule has 1 unspecified atom stereocenters. The first kappa shape index (κ1) is 31.1. The molecule has 0 N–H and O–H groups in total. The Morgan fingerprint density at radius 2 is 1.55 bits per heavy atom. The minimum atomic E-state index is -0.348. The lowest BCUT2D eigenvalue weighted by molar-refractivity contribution is -0.140. The molecule has 0 fully saturated rings. The predicted molar refractivity (Wildman–Crippen MR) is 158 cm³/mol. The summed E-state index contributed by atoms with van der Waals surface area (Å²) in [6.45, 7) is 9.32. The first-order chi connectivity index (χ1) is 19.2. The molecule has 0 radical (unpaired) electrons. The molecule has 0 heterocycles. The molecular formula is C34H43NO5. The topological polar surface area (TPSA) is 65.1 Å². The van der Waals surface area contributed by atoms with Gasteiger partial charge in [-0.05, 0) is 59.2 Å². The first-order valence-corrected chi connectivity index (χ1v) is 13.9. The zero-order valence-corrected chi connectivity index (χ0v) is 24.5. The predicted octanol–water partition coefficient (Wildman–Crippen LogP) is 6.87. The summed E-state index contributed by atoms with van der Waals surface area (Å²) in [6.07, 6.45) is 1.86. The van der Waals surface area contributed by atoms with Gasteiger partial charge in [0.25, 0.3) is 0 Å². The minimum absolute atomic E-state index is 0.0687. The van der Waals surface area contributed by atoms with Crippen LogP contribution in [-0.2, 0) is 37.6 Å². The molecule has 3 aromatic rings. The van der Waals surface area contributed by atoms with Crippen molar-refractivity contribution in [3.05, 3.63) is 107 Å². The largest absolute Gasteiger partial charge is 0.469 e. The van der Waals surface area contributed by atoms with Crippen LogP contribution in [0, 0.1) is 0 Å². The maximum atomic E-state index is 11.9. The smallest absolute Gasteiger partial charge is 0.337 e. The van der Waals surface area contributed by atoms with E-state index < -0.39 is 0 Å². The summed E-state index contributed by atoms with van der Waals surface area (Å²) in [5.74, 6) is -0.535. The lowest BCUT2D eigenvalue weighted by atomic mass is 9.86. The molecule has 6 nitrogen and oxygen atoms in total. The van der Waals surface area contributed by atoms with E-state index in [4.69, 9.17) is 14.2 Å². The number of methoxy groups -OCH3 is 2. The van der Waals surface area contributed by atoms with Gasteiger partial charge in [-0.15, -0.1) is 0 Å². The highest BCUT2D eigenvalue weighted by Gasteiger charge is 2.19. The van der Waals surface area contributed by atoms with E-state index >= 15 is 0 Å². The van der Waals surface area contributed by atoms with Crippen LogP contribution in [0.4, 0.5) is 0 Å². The molecule has 0 saturated carbocycles. The summed E-state index contributed by atoms with van der Waals surface area (Å²) in [5.41, 5.74) is 5.24. The molecule has 3 rings (SSSR count). The van der Waals surface area contributed by atoms with Crippen LogP contribution in [0.3, 0.4) is 0 Å². The van der Waals surface area contributed by atoms with Gasteiger partial charge < -0.3 is 14.2 Å². The van der Waals surface area contributed by atoms with Gasteiger partial charge in [-0.3, -0.25) is 9.69 Å². The molecule has 0 amide bonds. The van der Waals surface area contributed by atoms with Gasteiger partial charge in [-0.2, -0.15) is 0 Å². The second-order valence-electron chi connectivity index (χ2n) is 11.1. The average Bonchev–Trinajstić information content (AvgIpc) is 2.97. The van der Waals surface area contributed by atoms with Gasteiger partial charge in [0.05, 0.1) is 32.5 Å². The van der Waals surface area contributed by atoms with Crippen LogP contribution >= 0.6 is 0 Å². The summed E-state index contributed by atoms with van der Waals surface area (Å²) in [6, 6.07) is 26.4. The van der Waals surface area contributed by atoms with Gasteiger partial charge in [0, 0.05) is 19.5 Å². The molecule has 40 heavy (non-hydrogen) atoms. The molecule has 0 aliphatic rings. The lowest BCUT2D eigenvalue weighted by Crippen LogP contribution is -2.30. The number of hydrogen-bond acceptors (Lipinski definition) is 6. The maximum absolute atomic E-state index is 11.9. The number of hydrogen-bond donors (Lipinski definition) is 0. The SMILES string of the molecule is COC(=O)CCCCN(Cc1ccc(C(=O)OC)cc1)CC(OCc1cccc(C(C)(C)C)c1)c1ccccc1. The Balaban J connectivity index is 1.78. The third-order valence-electron chi connectivity index (χ3n) is 6.95. The molecule has 0 spiro atoms. The van der Waals surface area contributed by atoms with Crippen molar-refractivity contribution in [2.24, 2.45) is 0 Å². The van der Waals surface area contributed by atoms with Crippen LogP contribution in [-0.4, -0.2) is 44.1 Å². The fourth-order valence-corrected chi connectivity index (χ4v) is 4.54. The Hall–Kier alpha value is -3.48. The third kappa shape index (κ3) is 9.92. The van der Waals surface area contributed by atoms with Crippen molar-refractivity contribution in [2.75, 3.05) is 27.3 Å². The summed E-state index contributed by atoms with van der Waals surface area (Å²) in [4.78, 5) is 25.9. The van der Waals surface area contributed by atoms with Gasteiger partial charge in [0.2, 0.25) is 0 Å². The number of rotatable bonds is 14. The van der Waals surface area contributed by atoms with Gasteiger partial charge in [-0.1, -0.05) is 87.5 Å². The van der Waals surface area contributed by atoms with Gasteiger partial charge in [0.15, 0.2) is 0 Å². The van der Waals surface area contributed by atoms with Crippen LogP contribution < -0.4 is 0 Å². The Morgan fingerprint density at radius 3 is 2.20 bits per heavy atom. The van der Waals surface area contributed by atoms with Crippen molar-refractivity contribution in [2.45, 2.75) is 64.7 Å². The molecule has 6 heteroatoms. The number of carbonyl (C=O) groups excluding carboxylic acids is 2. The van der Waals surface area contributed by atoms with E-state index in [1.54, 1.807) is 12.1 Å². The number of nitrogens with zero attached hydrogens (tertiary/aromatic N) is 1. The van der Waals surface area contributed by atoms with Gasteiger partial charge in [0.1, 0.15) is 0 Å². The summed E-state index contributed by atoms with van der Waals surface area (Å²) in [5, 5.41) is 0. The highest BCUT2D eigenvalue weighted by molar-refractivity contribution is 5.89. The van der Waals surface area contributed by atoms with Crippen LogP contribution in [0.25, 0.3) is 0 Å². The molecule has 0 bridgehead atoms. The van der Waals surface area contributed by atoms with Crippen molar-refractivity contribution in [1.29, 1.82) is 0 Å². The lowest BCUT2D eigenvalue weighted by Gasteiger charge is -2.28. The van der Waals surface area contributed by atoms with Gasteiger partial charge in [-0.25, -0.2) is 4.79 Å². The molecule has 0 aromatic heterocycles. The van der Waals surface area contributed by atoms with E-state index in [1.165, 1.54) is 19.8 Å². The van der Waals surface area contributed by atoms with E-state index in [0.717, 1.165) is 36.1 Å². The second-order valence-corrected chi connectivity index (χ2v) is 11.1. The fraction of sp³-hybridized carbons (Fsp3) is 0.412. The number of esters is 2. The van der Waals surface area contributed by atoms with E-state index in [2.05, 4.69) is 62.1 Å². The first-order valence-electron chi connectivity index (χ1n) is 13.9.